The zero-order chi connectivity index (χ0) is 34.0. The topological polar surface area (TPSA) is 72.9 Å². The molecule has 0 aliphatic carbocycles. The van der Waals surface area contributed by atoms with E-state index in [1.807, 2.05) is 121 Å². The molecule has 50 heavy (non-hydrogen) atoms. The van der Waals surface area contributed by atoms with Crippen molar-refractivity contribution in [3.05, 3.63) is 182 Å². The van der Waals surface area contributed by atoms with E-state index in [0.29, 0.717) is 0 Å². The van der Waals surface area contributed by atoms with E-state index in [9.17, 15) is 4.79 Å². The summed E-state index contributed by atoms with van der Waals surface area (Å²) in [4.78, 5) is 19.6. The minimum atomic E-state index is -0.125. The van der Waals surface area contributed by atoms with Crippen molar-refractivity contribution in [3.63, 3.8) is 0 Å². The summed E-state index contributed by atoms with van der Waals surface area (Å²) in [6, 6.07) is 59.5. The van der Waals surface area contributed by atoms with Crippen molar-refractivity contribution in [3.8, 4) is 34.2 Å². The molecule has 0 spiro atoms. The average molecular weight is 831 g/mol. The summed E-state index contributed by atoms with van der Waals surface area (Å²) in [6.45, 7) is 2.85. The Labute approximate surface area is 305 Å². The van der Waals surface area contributed by atoms with Gasteiger partial charge in [0.1, 0.15) is 0 Å². The van der Waals surface area contributed by atoms with E-state index >= 15 is 0 Å². The summed E-state index contributed by atoms with van der Waals surface area (Å²) >= 11 is 0. The Kier molecular flexibility index (Phi) is 12.0. The van der Waals surface area contributed by atoms with Crippen LogP contribution in [-0.4, -0.2) is 30.0 Å². The van der Waals surface area contributed by atoms with Crippen LogP contribution in [0.3, 0.4) is 0 Å². The summed E-state index contributed by atoms with van der Waals surface area (Å²) in [5.74, 6) is 1.78. The Morgan fingerprint density at radius 1 is 0.560 bits per heavy atom. The molecule has 0 aliphatic rings. The maximum absolute atomic E-state index is 10.0. The van der Waals surface area contributed by atoms with Gasteiger partial charge in [-0.25, -0.2) is 0 Å². The molecular formula is C43H34IrN4O2-2. The molecule has 6 aromatic carbocycles. The van der Waals surface area contributed by atoms with Crippen LogP contribution >= 0.6 is 0 Å². The predicted molar refractivity (Wildman–Crippen MR) is 198 cm³/mol. The SMILES string of the molecule is CC(=O)/C=C(/C)O.[Ir].[c-]1ccccc1-c1nc2ccccc2n1-c1ccccc1.[c-]1ccccc1-c1nc2ccccc2n1-c1ccccc1. The number of carbonyl (C=O) groups is 1. The standard InChI is InChI=1S/2C19H13N2.C5H8O2.Ir/c2*1-3-9-15(10-4-1)19-20-17-13-7-8-14-18(17)21(19)16-11-5-2-6-12-16;1-4(6)3-5(2)7;/h2*1-9,11-14H;3,6H,1-2H3;/q2*-1;;/b;;4-3-;. The summed E-state index contributed by atoms with van der Waals surface area (Å²) in [6.07, 6.45) is 1.17. The Hall–Kier alpha value is -5.88. The number of fused-ring (bicyclic) bond motifs is 2. The molecule has 8 rings (SSSR count). The van der Waals surface area contributed by atoms with Gasteiger partial charge in [0.05, 0.1) is 39.5 Å². The first kappa shape index (κ1) is 35.4. The van der Waals surface area contributed by atoms with Gasteiger partial charge in [0.15, 0.2) is 5.78 Å². The van der Waals surface area contributed by atoms with Gasteiger partial charge >= 0.3 is 0 Å². The average Bonchev–Trinajstić information content (AvgIpc) is 3.73. The molecule has 0 fully saturated rings. The predicted octanol–water partition coefficient (Wildman–Crippen LogP) is 10.0. The van der Waals surface area contributed by atoms with Crippen molar-refractivity contribution in [2.24, 2.45) is 0 Å². The van der Waals surface area contributed by atoms with Gasteiger partial charge < -0.3 is 14.2 Å². The third-order valence-electron chi connectivity index (χ3n) is 7.46. The van der Waals surface area contributed by atoms with Gasteiger partial charge in [-0.3, -0.25) is 14.8 Å². The van der Waals surface area contributed by atoms with E-state index in [1.165, 1.54) is 19.9 Å². The van der Waals surface area contributed by atoms with Gasteiger partial charge in [-0.05, 0) is 62.4 Å². The zero-order valence-electron chi connectivity index (χ0n) is 27.6. The summed E-state index contributed by atoms with van der Waals surface area (Å²) in [5, 5.41) is 8.36. The van der Waals surface area contributed by atoms with Crippen LogP contribution in [-0.2, 0) is 24.9 Å². The molecule has 2 heterocycles. The largest absolute Gasteiger partial charge is 0.512 e. The van der Waals surface area contributed by atoms with Crippen LogP contribution in [0.5, 0.6) is 0 Å². The minimum absolute atomic E-state index is 0. The third kappa shape index (κ3) is 8.39. The number of hydrogen-bond donors (Lipinski definition) is 1. The molecule has 249 valence electrons. The molecule has 0 amide bonds. The molecule has 0 unspecified atom stereocenters. The molecular weight excluding hydrogens is 797 g/mol. The van der Waals surface area contributed by atoms with Crippen molar-refractivity contribution >= 4 is 27.9 Å². The van der Waals surface area contributed by atoms with Crippen molar-refractivity contribution in [2.75, 3.05) is 0 Å². The number of aromatic nitrogens is 4. The Bertz CT molecular complexity index is 2160. The number of aliphatic hydroxyl groups is 1. The van der Waals surface area contributed by atoms with E-state index in [4.69, 9.17) is 15.1 Å². The quantitative estimate of drug-likeness (QED) is 0.107. The number of hydrogen-bond acceptors (Lipinski definition) is 4. The van der Waals surface area contributed by atoms with Crippen LogP contribution in [0.4, 0.5) is 0 Å². The number of allylic oxidation sites excluding steroid dienone is 2. The van der Waals surface area contributed by atoms with Gasteiger partial charge in [-0.1, -0.05) is 60.7 Å². The second-order valence-corrected chi connectivity index (χ2v) is 11.1. The number of nitrogens with zero attached hydrogens (tertiary/aromatic N) is 4. The van der Waals surface area contributed by atoms with E-state index < -0.39 is 0 Å². The fraction of sp³-hybridized carbons (Fsp3) is 0.0465. The summed E-state index contributed by atoms with van der Waals surface area (Å²) in [7, 11) is 0. The first-order chi connectivity index (χ1) is 24.0. The molecule has 0 aliphatic heterocycles. The van der Waals surface area contributed by atoms with E-state index in [0.717, 1.165) is 56.2 Å². The van der Waals surface area contributed by atoms with Crippen LogP contribution in [0.15, 0.2) is 170 Å². The van der Waals surface area contributed by atoms with Crippen LogP contribution in [0.25, 0.3) is 56.2 Å². The van der Waals surface area contributed by atoms with E-state index in [2.05, 4.69) is 57.7 Å². The van der Waals surface area contributed by atoms with Crippen LogP contribution in [0.1, 0.15) is 13.8 Å². The Balaban J connectivity index is 0.000000162. The first-order valence-corrected chi connectivity index (χ1v) is 15.9. The van der Waals surface area contributed by atoms with Gasteiger partial charge in [0.2, 0.25) is 0 Å². The summed E-state index contributed by atoms with van der Waals surface area (Å²) in [5.41, 5.74) is 8.42. The minimum Gasteiger partial charge on any atom is -0.512 e. The Morgan fingerprint density at radius 3 is 1.28 bits per heavy atom. The second kappa shape index (κ2) is 17.0. The molecule has 6 nitrogen and oxygen atoms in total. The van der Waals surface area contributed by atoms with Gasteiger partial charge in [0.25, 0.3) is 0 Å². The maximum atomic E-state index is 10.0. The van der Waals surface area contributed by atoms with Crippen LogP contribution in [0, 0.1) is 12.1 Å². The smallest absolute Gasteiger partial charge is 0.155 e. The van der Waals surface area contributed by atoms with Crippen LogP contribution in [0.2, 0.25) is 0 Å². The number of carbonyl (C=O) groups excluding carboxylic acids is 1. The maximum Gasteiger partial charge on any atom is 0.155 e. The van der Waals surface area contributed by atoms with Crippen molar-refractivity contribution in [1.82, 2.24) is 19.1 Å². The number of rotatable bonds is 5. The number of ketones is 1. The number of para-hydroxylation sites is 6. The fourth-order valence-corrected chi connectivity index (χ4v) is 5.45. The van der Waals surface area contributed by atoms with E-state index in [1.54, 1.807) is 0 Å². The van der Waals surface area contributed by atoms with Gasteiger partial charge in [-0.15, -0.1) is 71.8 Å². The summed E-state index contributed by atoms with van der Waals surface area (Å²) < 4.78 is 4.36. The first-order valence-electron chi connectivity index (χ1n) is 15.9. The second-order valence-electron chi connectivity index (χ2n) is 11.1. The number of aliphatic hydroxyl groups excluding tert-OH is 1. The number of benzene rings is 6. The zero-order valence-corrected chi connectivity index (χ0v) is 30.0. The van der Waals surface area contributed by atoms with Gasteiger partial charge in [-0.2, -0.15) is 0 Å². The van der Waals surface area contributed by atoms with Crippen molar-refractivity contribution in [2.45, 2.75) is 13.8 Å². The fourth-order valence-electron chi connectivity index (χ4n) is 5.45. The molecule has 7 heteroatoms. The molecule has 8 aromatic rings. The molecule has 0 saturated carbocycles. The molecule has 0 atom stereocenters. The molecule has 2 aromatic heterocycles. The van der Waals surface area contributed by atoms with Crippen LogP contribution < -0.4 is 0 Å². The third-order valence-corrected chi connectivity index (χ3v) is 7.46. The monoisotopic (exact) mass is 831 g/mol. The molecule has 1 radical (unpaired) electrons. The molecule has 0 saturated heterocycles. The van der Waals surface area contributed by atoms with E-state index in [-0.39, 0.29) is 31.6 Å². The number of imidazole rings is 2. The van der Waals surface area contributed by atoms with Crippen molar-refractivity contribution < 1.29 is 30.0 Å². The van der Waals surface area contributed by atoms with Crippen molar-refractivity contribution in [1.29, 1.82) is 0 Å². The van der Waals surface area contributed by atoms with Gasteiger partial charge in [0, 0.05) is 37.6 Å². The normalized spacial score (nSPS) is 10.7. The Morgan fingerprint density at radius 2 is 0.940 bits per heavy atom. The molecule has 1 N–H and O–H groups in total. The molecule has 0 bridgehead atoms.